The molecule has 8 aromatic carbocycles. The van der Waals surface area contributed by atoms with Crippen LogP contribution in [-0.2, 0) is 5.41 Å². The Morgan fingerprint density at radius 2 is 1.11 bits per heavy atom. The van der Waals surface area contributed by atoms with E-state index >= 15 is 0 Å². The molecule has 9 aromatic rings. The Balaban J connectivity index is 1.16. The molecule has 0 bridgehead atoms. The standard InChI is InChI=1S/C50H36N4/c1-50(2)41-28-36(49-52-47(31-15-5-3-6-16-31)51-48(53-49)32-17-7-4-8-18-32)25-26-39(41)45-44(30-35-21-11-12-22-37(35)46(45)50)54-42-24-14-13-23-38(42)40-27-33-19-9-10-20-34(33)29-43(40)54/h3-30,49H,1-2H3,(H,51,52,53). The topological polar surface area (TPSA) is 41.7 Å². The highest BCUT2D eigenvalue weighted by molar-refractivity contribution is 6.16. The molecular weight excluding hydrogens is 657 g/mol. The Labute approximate surface area is 313 Å². The second-order valence-electron chi connectivity index (χ2n) is 15.1. The average Bonchev–Trinajstić information content (AvgIpc) is 3.67. The lowest BCUT2D eigenvalue weighted by molar-refractivity contribution is 0.661. The van der Waals surface area contributed by atoms with Gasteiger partial charge in [-0.15, -0.1) is 0 Å². The zero-order valence-electron chi connectivity index (χ0n) is 30.1. The number of hydrogen-bond acceptors (Lipinski definition) is 3. The van der Waals surface area contributed by atoms with Gasteiger partial charge in [0.2, 0.25) is 0 Å². The van der Waals surface area contributed by atoms with Crippen LogP contribution in [0.3, 0.4) is 0 Å². The zero-order valence-corrected chi connectivity index (χ0v) is 30.1. The molecule has 0 saturated heterocycles. The molecule has 1 aromatic heterocycles. The van der Waals surface area contributed by atoms with Gasteiger partial charge in [0.05, 0.1) is 16.7 Å². The fourth-order valence-electron chi connectivity index (χ4n) is 9.02. The van der Waals surface area contributed by atoms with Crippen LogP contribution in [-0.4, -0.2) is 16.2 Å². The Hall–Kier alpha value is -6.78. The summed E-state index contributed by atoms with van der Waals surface area (Å²) < 4.78 is 2.52. The Morgan fingerprint density at radius 3 is 1.81 bits per heavy atom. The van der Waals surface area contributed by atoms with Crippen molar-refractivity contribution in [1.29, 1.82) is 0 Å². The highest BCUT2D eigenvalue weighted by atomic mass is 15.2. The number of fused-ring (bicyclic) bond motifs is 9. The number of para-hydroxylation sites is 1. The maximum absolute atomic E-state index is 5.24. The summed E-state index contributed by atoms with van der Waals surface area (Å²) in [6.45, 7) is 4.77. The molecule has 4 heteroatoms. The molecular formula is C50H36N4. The lowest BCUT2D eigenvalue weighted by atomic mass is 9.79. The number of hydrogen-bond donors (Lipinski definition) is 1. The molecule has 0 saturated carbocycles. The second-order valence-corrected chi connectivity index (χ2v) is 15.1. The van der Waals surface area contributed by atoms with Crippen LogP contribution in [0.25, 0.3) is 60.2 Å². The number of nitrogens with one attached hydrogen (secondary N) is 1. The van der Waals surface area contributed by atoms with Crippen LogP contribution in [0.4, 0.5) is 0 Å². The van der Waals surface area contributed by atoms with Crippen molar-refractivity contribution in [2.24, 2.45) is 9.98 Å². The number of benzene rings is 8. The van der Waals surface area contributed by atoms with Crippen LogP contribution in [0.2, 0.25) is 0 Å². The third kappa shape index (κ3) is 4.56. The quantitative estimate of drug-likeness (QED) is 0.196. The van der Waals surface area contributed by atoms with E-state index in [1.807, 2.05) is 12.1 Å². The molecule has 0 unspecified atom stereocenters. The maximum Gasteiger partial charge on any atom is 0.169 e. The van der Waals surface area contributed by atoms with E-state index in [1.54, 1.807) is 0 Å². The van der Waals surface area contributed by atoms with Gasteiger partial charge in [-0.2, -0.15) is 0 Å². The van der Waals surface area contributed by atoms with Crippen LogP contribution in [0.1, 0.15) is 47.8 Å². The van der Waals surface area contributed by atoms with E-state index in [2.05, 4.69) is 181 Å². The third-order valence-corrected chi connectivity index (χ3v) is 11.6. The minimum absolute atomic E-state index is 0.285. The summed E-state index contributed by atoms with van der Waals surface area (Å²) in [5, 5.41) is 11.1. The highest BCUT2D eigenvalue weighted by Gasteiger charge is 2.40. The van der Waals surface area contributed by atoms with Gasteiger partial charge in [-0.1, -0.05) is 159 Å². The molecule has 0 fully saturated rings. The van der Waals surface area contributed by atoms with Crippen LogP contribution in [0.15, 0.2) is 180 Å². The van der Waals surface area contributed by atoms with Crippen LogP contribution >= 0.6 is 0 Å². The Morgan fingerprint density at radius 1 is 0.519 bits per heavy atom. The number of aliphatic imine (C=N–C) groups is 2. The van der Waals surface area contributed by atoms with E-state index < -0.39 is 6.17 Å². The number of rotatable bonds is 4. The predicted molar refractivity (Wildman–Crippen MR) is 225 cm³/mol. The molecule has 54 heavy (non-hydrogen) atoms. The van der Waals surface area contributed by atoms with Gasteiger partial charge < -0.3 is 9.88 Å². The smallest absolute Gasteiger partial charge is 0.169 e. The van der Waals surface area contributed by atoms with Crippen molar-refractivity contribution < 1.29 is 0 Å². The van der Waals surface area contributed by atoms with Gasteiger partial charge in [0.15, 0.2) is 6.17 Å². The van der Waals surface area contributed by atoms with Gasteiger partial charge in [0.25, 0.3) is 0 Å². The predicted octanol–water partition coefficient (Wildman–Crippen LogP) is 11.9. The van der Waals surface area contributed by atoms with Gasteiger partial charge in [-0.05, 0) is 68.1 Å². The molecule has 0 amide bonds. The van der Waals surface area contributed by atoms with Gasteiger partial charge in [-0.25, -0.2) is 9.98 Å². The first kappa shape index (κ1) is 30.8. The van der Waals surface area contributed by atoms with Gasteiger partial charge >= 0.3 is 0 Å². The fraction of sp³-hybridized carbons (Fsp3) is 0.0800. The van der Waals surface area contributed by atoms with E-state index in [9.17, 15) is 0 Å². The first-order chi connectivity index (χ1) is 26.5. The number of amidine groups is 2. The van der Waals surface area contributed by atoms with Crippen LogP contribution in [0, 0.1) is 0 Å². The molecule has 1 N–H and O–H groups in total. The van der Waals surface area contributed by atoms with Gasteiger partial charge in [-0.3, -0.25) is 0 Å². The van der Waals surface area contributed by atoms with Gasteiger partial charge in [0, 0.05) is 32.9 Å². The monoisotopic (exact) mass is 692 g/mol. The largest absolute Gasteiger partial charge is 0.324 e. The molecule has 2 aliphatic rings. The van der Waals surface area contributed by atoms with E-state index in [0.29, 0.717) is 0 Å². The van der Waals surface area contributed by atoms with Crippen LogP contribution in [0.5, 0.6) is 0 Å². The number of nitrogens with zero attached hydrogens (tertiary/aromatic N) is 3. The molecule has 0 spiro atoms. The summed E-state index contributed by atoms with van der Waals surface area (Å²) in [6.07, 6.45) is -0.400. The van der Waals surface area contributed by atoms with E-state index in [0.717, 1.165) is 28.4 Å². The molecule has 0 radical (unpaired) electrons. The molecule has 1 aliphatic heterocycles. The van der Waals surface area contributed by atoms with Crippen molar-refractivity contribution in [3.63, 3.8) is 0 Å². The first-order valence-electron chi connectivity index (χ1n) is 18.7. The van der Waals surface area contributed by atoms with Crippen molar-refractivity contribution in [2.75, 3.05) is 0 Å². The van der Waals surface area contributed by atoms with Crippen molar-refractivity contribution in [1.82, 2.24) is 9.88 Å². The average molecular weight is 693 g/mol. The third-order valence-electron chi connectivity index (χ3n) is 11.6. The van der Waals surface area contributed by atoms with Gasteiger partial charge in [0.1, 0.15) is 11.7 Å². The SMILES string of the molecule is CC1(C)c2cc(C3N=C(c4ccccc4)NC(c4ccccc4)=N3)ccc2-c2c(-n3c4ccccc4c4cc5ccccc5cc43)cc3ccccc3c21. The van der Waals surface area contributed by atoms with Crippen molar-refractivity contribution in [2.45, 2.75) is 25.4 Å². The summed E-state index contributed by atoms with van der Waals surface area (Å²) in [4.78, 5) is 10.5. The minimum atomic E-state index is -0.400. The normalized spacial score (nSPS) is 14.9. The molecule has 2 heterocycles. The maximum atomic E-state index is 5.24. The summed E-state index contributed by atoms with van der Waals surface area (Å²) in [5.74, 6) is 1.65. The summed E-state index contributed by atoms with van der Waals surface area (Å²) in [6, 6.07) is 61.2. The zero-order chi connectivity index (χ0) is 36.0. The van der Waals surface area contributed by atoms with Crippen molar-refractivity contribution >= 4 is 55.0 Å². The lowest BCUT2D eigenvalue weighted by Crippen LogP contribution is -2.36. The fourth-order valence-corrected chi connectivity index (χ4v) is 9.02. The minimum Gasteiger partial charge on any atom is -0.324 e. The lowest BCUT2D eigenvalue weighted by Gasteiger charge is -2.26. The summed E-state index contributed by atoms with van der Waals surface area (Å²) in [5.41, 5.74) is 11.7. The first-order valence-corrected chi connectivity index (χ1v) is 18.7. The van der Waals surface area contributed by atoms with Crippen molar-refractivity contribution in [3.8, 4) is 16.8 Å². The number of aromatic nitrogens is 1. The van der Waals surface area contributed by atoms with E-state index in [1.165, 1.54) is 71.3 Å². The summed E-state index contributed by atoms with van der Waals surface area (Å²) >= 11 is 0. The molecule has 256 valence electrons. The van der Waals surface area contributed by atoms with Crippen molar-refractivity contribution in [3.05, 3.63) is 198 Å². The molecule has 11 rings (SSSR count). The van der Waals surface area contributed by atoms with E-state index in [4.69, 9.17) is 9.98 Å². The van der Waals surface area contributed by atoms with E-state index in [-0.39, 0.29) is 5.41 Å². The molecule has 1 aliphatic carbocycles. The Bertz CT molecular complexity index is 2990. The molecule has 0 atom stereocenters. The molecule has 4 nitrogen and oxygen atoms in total. The summed E-state index contributed by atoms with van der Waals surface area (Å²) in [7, 11) is 0. The highest BCUT2D eigenvalue weighted by Crippen LogP contribution is 2.55. The Kier molecular flexibility index (Phi) is 6.62. The van der Waals surface area contributed by atoms with Crippen LogP contribution < -0.4 is 5.32 Å². The second kappa shape index (κ2) is 11.6.